The van der Waals surface area contributed by atoms with Crippen LogP contribution in [0.3, 0.4) is 0 Å². The number of nitrogens with zero attached hydrogens (tertiary/aromatic N) is 1. The molecule has 0 radical (unpaired) electrons. The molecule has 0 unspecified atom stereocenters. The third kappa shape index (κ3) is 3.63. The van der Waals surface area contributed by atoms with E-state index in [0.717, 1.165) is 29.4 Å². The van der Waals surface area contributed by atoms with Crippen molar-refractivity contribution in [2.45, 2.75) is 38.9 Å². The highest BCUT2D eigenvalue weighted by Crippen LogP contribution is 2.19. The van der Waals surface area contributed by atoms with Crippen molar-refractivity contribution in [3.63, 3.8) is 0 Å². The van der Waals surface area contributed by atoms with Crippen molar-refractivity contribution < 1.29 is 0 Å². The Bertz CT molecular complexity index is 403. The number of H-pyrrole nitrogens is 1. The minimum Gasteiger partial charge on any atom is -0.309 e. The molecule has 0 atom stereocenters. The van der Waals surface area contributed by atoms with Gasteiger partial charge in [-0.15, -0.1) is 0 Å². The van der Waals surface area contributed by atoms with Gasteiger partial charge in [0.25, 0.3) is 5.56 Å². The summed E-state index contributed by atoms with van der Waals surface area (Å²) in [6.45, 7) is 6.22. The van der Waals surface area contributed by atoms with E-state index >= 15 is 0 Å². The second-order valence-corrected chi connectivity index (χ2v) is 5.82. The van der Waals surface area contributed by atoms with Crippen molar-refractivity contribution in [3.05, 3.63) is 26.3 Å². The van der Waals surface area contributed by atoms with E-state index in [2.05, 4.69) is 32.8 Å². The van der Waals surface area contributed by atoms with Crippen molar-refractivity contribution in [2.75, 3.05) is 5.75 Å². The first-order valence-corrected chi connectivity index (χ1v) is 7.37. The Hall–Kier alpha value is -0.290. The van der Waals surface area contributed by atoms with E-state index in [4.69, 9.17) is 0 Å². The highest BCUT2D eigenvalue weighted by atomic mass is 79.9. The van der Waals surface area contributed by atoms with Crippen LogP contribution < -0.4 is 5.56 Å². The van der Waals surface area contributed by atoms with E-state index < -0.39 is 0 Å². The van der Waals surface area contributed by atoms with Crippen molar-refractivity contribution >= 4 is 27.7 Å². The highest BCUT2D eigenvalue weighted by molar-refractivity contribution is 9.10. The average Bonchev–Trinajstić information content (AvgIpc) is 2.23. The molecular weight excluding hydrogens is 288 g/mol. The fourth-order valence-corrected chi connectivity index (χ4v) is 2.70. The van der Waals surface area contributed by atoms with Crippen LogP contribution in [0.2, 0.25) is 0 Å². The third-order valence-electron chi connectivity index (χ3n) is 2.07. The molecule has 0 aliphatic rings. The molecule has 1 N–H and O–H groups in total. The zero-order valence-electron chi connectivity index (χ0n) is 9.84. The summed E-state index contributed by atoms with van der Waals surface area (Å²) in [5, 5.41) is 0. The van der Waals surface area contributed by atoms with Gasteiger partial charge in [-0.25, -0.2) is 4.98 Å². The summed E-state index contributed by atoms with van der Waals surface area (Å²) in [4.78, 5) is 18.9. The topological polar surface area (TPSA) is 45.8 Å². The van der Waals surface area contributed by atoms with E-state index in [1.165, 1.54) is 0 Å². The second-order valence-electron chi connectivity index (χ2n) is 3.92. The minimum absolute atomic E-state index is 0.0780. The summed E-state index contributed by atoms with van der Waals surface area (Å²) in [5.41, 5.74) is 0.765. The second kappa shape index (κ2) is 6.45. The SMILES string of the molecule is CCCSCc1nc(C(C)C)c(Br)c(=O)[nH]1. The van der Waals surface area contributed by atoms with Crippen molar-refractivity contribution in [2.24, 2.45) is 0 Å². The van der Waals surface area contributed by atoms with Crippen LogP contribution in [-0.4, -0.2) is 15.7 Å². The first-order chi connectivity index (χ1) is 7.56. The van der Waals surface area contributed by atoms with Gasteiger partial charge in [0.15, 0.2) is 0 Å². The van der Waals surface area contributed by atoms with E-state index in [1.807, 2.05) is 13.8 Å². The van der Waals surface area contributed by atoms with Crippen molar-refractivity contribution in [3.8, 4) is 0 Å². The molecule has 0 saturated heterocycles. The molecule has 1 aromatic rings. The van der Waals surface area contributed by atoms with Crippen LogP contribution in [-0.2, 0) is 5.75 Å². The van der Waals surface area contributed by atoms with Gasteiger partial charge in [-0.2, -0.15) is 11.8 Å². The number of rotatable bonds is 5. The maximum absolute atomic E-state index is 11.6. The standard InChI is InChI=1S/C11H17BrN2OS/c1-4-5-16-6-8-13-10(7(2)3)9(12)11(15)14-8/h7H,4-6H2,1-3H3,(H,13,14,15). The fourth-order valence-electron chi connectivity index (χ4n) is 1.29. The van der Waals surface area contributed by atoms with Gasteiger partial charge in [0.2, 0.25) is 0 Å². The van der Waals surface area contributed by atoms with Gasteiger partial charge in [-0.3, -0.25) is 4.79 Å². The molecule has 0 bridgehead atoms. The molecule has 0 aliphatic heterocycles. The predicted octanol–water partition coefficient (Wildman–Crippen LogP) is 3.30. The lowest BCUT2D eigenvalue weighted by Gasteiger charge is -2.08. The first-order valence-electron chi connectivity index (χ1n) is 5.42. The minimum atomic E-state index is -0.0780. The number of aromatic amines is 1. The van der Waals surface area contributed by atoms with E-state index in [9.17, 15) is 4.79 Å². The smallest absolute Gasteiger partial charge is 0.265 e. The maximum Gasteiger partial charge on any atom is 0.265 e. The zero-order chi connectivity index (χ0) is 12.1. The molecule has 0 aromatic carbocycles. The molecule has 1 heterocycles. The van der Waals surface area contributed by atoms with E-state index in [0.29, 0.717) is 4.47 Å². The van der Waals surface area contributed by atoms with Gasteiger partial charge < -0.3 is 4.98 Å². The molecular formula is C11H17BrN2OS. The van der Waals surface area contributed by atoms with Gasteiger partial charge in [-0.1, -0.05) is 20.8 Å². The van der Waals surface area contributed by atoms with Gasteiger partial charge in [0.05, 0.1) is 11.4 Å². The van der Waals surface area contributed by atoms with Crippen molar-refractivity contribution in [1.29, 1.82) is 0 Å². The number of thioether (sulfide) groups is 1. The summed E-state index contributed by atoms with van der Waals surface area (Å²) >= 11 is 5.08. The van der Waals surface area contributed by atoms with Crippen LogP contribution in [0.4, 0.5) is 0 Å². The Morgan fingerprint density at radius 3 is 2.75 bits per heavy atom. The number of halogens is 1. The lowest BCUT2D eigenvalue weighted by Crippen LogP contribution is -2.16. The van der Waals surface area contributed by atoms with E-state index in [1.54, 1.807) is 11.8 Å². The van der Waals surface area contributed by atoms with Crippen LogP contribution >= 0.6 is 27.7 Å². The monoisotopic (exact) mass is 304 g/mol. The molecule has 0 amide bonds. The number of hydrogen-bond donors (Lipinski definition) is 1. The Morgan fingerprint density at radius 1 is 1.50 bits per heavy atom. The molecule has 1 rings (SSSR count). The van der Waals surface area contributed by atoms with Crippen LogP contribution in [0.1, 0.15) is 44.6 Å². The summed E-state index contributed by atoms with van der Waals surface area (Å²) in [6.07, 6.45) is 1.14. The summed E-state index contributed by atoms with van der Waals surface area (Å²) in [7, 11) is 0. The van der Waals surface area contributed by atoms with Crippen LogP contribution in [0.25, 0.3) is 0 Å². The number of nitrogens with one attached hydrogen (secondary N) is 1. The summed E-state index contributed by atoms with van der Waals surface area (Å²) < 4.78 is 0.562. The fraction of sp³-hybridized carbons (Fsp3) is 0.636. The van der Waals surface area contributed by atoms with Crippen LogP contribution in [0.15, 0.2) is 9.27 Å². The molecule has 16 heavy (non-hydrogen) atoms. The Labute approximate surface area is 109 Å². The molecule has 0 saturated carbocycles. The Kier molecular flexibility index (Phi) is 5.55. The van der Waals surface area contributed by atoms with Crippen LogP contribution in [0.5, 0.6) is 0 Å². The number of hydrogen-bond acceptors (Lipinski definition) is 3. The zero-order valence-corrected chi connectivity index (χ0v) is 12.2. The molecule has 0 aliphatic carbocycles. The molecule has 90 valence electrons. The maximum atomic E-state index is 11.6. The average molecular weight is 305 g/mol. The highest BCUT2D eigenvalue weighted by Gasteiger charge is 2.11. The Balaban J connectivity index is 2.91. The van der Waals surface area contributed by atoms with Crippen molar-refractivity contribution in [1.82, 2.24) is 9.97 Å². The molecule has 5 heteroatoms. The first kappa shape index (κ1) is 13.8. The van der Waals surface area contributed by atoms with Crippen LogP contribution in [0, 0.1) is 0 Å². The van der Waals surface area contributed by atoms with Gasteiger partial charge >= 0.3 is 0 Å². The Morgan fingerprint density at radius 2 is 2.19 bits per heavy atom. The molecule has 0 fully saturated rings. The summed E-state index contributed by atoms with van der Waals surface area (Å²) in [6, 6.07) is 0. The largest absolute Gasteiger partial charge is 0.309 e. The van der Waals surface area contributed by atoms with Gasteiger partial charge in [-0.05, 0) is 34.0 Å². The normalized spacial score (nSPS) is 11.1. The lowest BCUT2D eigenvalue weighted by atomic mass is 10.1. The van der Waals surface area contributed by atoms with Gasteiger partial charge in [0, 0.05) is 0 Å². The van der Waals surface area contributed by atoms with Gasteiger partial charge in [0.1, 0.15) is 10.3 Å². The third-order valence-corrected chi connectivity index (χ3v) is 4.01. The van der Waals surface area contributed by atoms with E-state index in [-0.39, 0.29) is 11.5 Å². The molecule has 1 aromatic heterocycles. The summed E-state index contributed by atoms with van der Waals surface area (Å²) in [5.74, 6) is 2.90. The number of aromatic nitrogens is 2. The molecule has 0 spiro atoms. The molecule has 3 nitrogen and oxygen atoms in total. The quantitative estimate of drug-likeness (QED) is 0.849. The predicted molar refractivity (Wildman–Crippen MR) is 73.1 cm³/mol. The lowest BCUT2D eigenvalue weighted by molar-refractivity contribution is 0.783.